The number of terminal acetylenes is 1. The summed E-state index contributed by atoms with van der Waals surface area (Å²) in [6, 6.07) is 12.0. The molecule has 0 spiro atoms. The molecule has 3 aromatic rings. The van der Waals surface area contributed by atoms with E-state index in [1.807, 2.05) is 43.1 Å². The Morgan fingerprint density at radius 1 is 1.29 bits per heavy atom. The van der Waals surface area contributed by atoms with Crippen LogP contribution in [0.2, 0.25) is 0 Å². The smallest absolute Gasteiger partial charge is 0.328 e. The van der Waals surface area contributed by atoms with Crippen LogP contribution in [0.1, 0.15) is 29.8 Å². The van der Waals surface area contributed by atoms with Gasteiger partial charge in [-0.25, -0.2) is 4.79 Å². The van der Waals surface area contributed by atoms with Crippen molar-refractivity contribution in [3.8, 4) is 18.1 Å². The van der Waals surface area contributed by atoms with Crippen LogP contribution in [-0.4, -0.2) is 68.9 Å². The van der Waals surface area contributed by atoms with Crippen LogP contribution in [0.4, 0.5) is 4.79 Å². The van der Waals surface area contributed by atoms with Gasteiger partial charge in [-0.05, 0) is 55.4 Å². The third-order valence-electron chi connectivity index (χ3n) is 6.88. The maximum absolute atomic E-state index is 13.8. The number of carbonyl (C=O) groups is 2. The van der Waals surface area contributed by atoms with Crippen LogP contribution >= 0.6 is 15.9 Å². The highest BCUT2D eigenvalue weighted by molar-refractivity contribution is 9.10. The first-order valence-corrected chi connectivity index (χ1v) is 11.9. The number of hydrogen-bond acceptors (Lipinski definition) is 4. The summed E-state index contributed by atoms with van der Waals surface area (Å²) in [5.74, 6) is 2.47. The van der Waals surface area contributed by atoms with Crippen LogP contribution in [0, 0.1) is 12.3 Å². The number of likely N-dealkylation sites (N-methyl/N-ethyl adjacent to an activating group) is 1. The SMILES string of the molecule is C#CCN(C)CCN1C(=O)N2C(c3cccc(O)c3)c3[nH]c4ccc(Br)cc4c3CC2(C)C1=O. The Morgan fingerprint density at radius 2 is 2.09 bits per heavy atom. The number of amides is 3. The van der Waals surface area contributed by atoms with Gasteiger partial charge in [0.1, 0.15) is 17.3 Å². The number of nitrogens with one attached hydrogen (secondary N) is 1. The summed E-state index contributed by atoms with van der Waals surface area (Å²) in [5, 5.41) is 11.2. The Balaban J connectivity index is 1.65. The standard InChI is InChI=1S/C26H25BrN4O3/c1-4-10-29(3)11-12-30-24(33)26(2)15-20-19-14-17(27)8-9-21(19)28-22(20)23(31(26)25(30)34)16-6-5-7-18(32)13-16/h1,5-9,13-14,23,28,32H,10-12,15H2,2-3H3. The molecule has 2 aromatic carbocycles. The van der Waals surface area contributed by atoms with E-state index >= 15 is 0 Å². The maximum Gasteiger partial charge on any atom is 0.328 e. The van der Waals surface area contributed by atoms with Gasteiger partial charge in [-0.3, -0.25) is 19.5 Å². The molecule has 1 fully saturated rings. The van der Waals surface area contributed by atoms with Crippen LogP contribution in [0.25, 0.3) is 10.9 Å². The lowest BCUT2D eigenvalue weighted by Crippen LogP contribution is -2.53. The summed E-state index contributed by atoms with van der Waals surface area (Å²) in [5.41, 5.74) is 2.50. The molecule has 2 N–H and O–H groups in total. The third-order valence-corrected chi connectivity index (χ3v) is 7.37. The molecule has 0 bridgehead atoms. The number of aromatic nitrogens is 1. The quantitative estimate of drug-likeness (QED) is 0.395. The van der Waals surface area contributed by atoms with E-state index in [1.54, 1.807) is 23.1 Å². The predicted octanol–water partition coefficient (Wildman–Crippen LogP) is 3.87. The lowest BCUT2D eigenvalue weighted by atomic mass is 9.81. The van der Waals surface area contributed by atoms with Gasteiger partial charge in [-0.15, -0.1) is 6.42 Å². The van der Waals surface area contributed by atoms with E-state index in [-0.39, 0.29) is 24.2 Å². The number of aromatic hydroxyl groups is 1. The Labute approximate surface area is 206 Å². The molecule has 2 atom stereocenters. The van der Waals surface area contributed by atoms with Crippen molar-refractivity contribution < 1.29 is 14.7 Å². The first kappa shape index (κ1) is 22.5. The molecule has 3 amide bonds. The molecular formula is C26H25BrN4O3. The second-order valence-electron chi connectivity index (χ2n) is 9.21. The van der Waals surface area contributed by atoms with Gasteiger partial charge in [0, 0.05) is 40.6 Å². The Hall–Kier alpha value is -3.28. The minimum atomic E-state index is -1.05. The van der Waals surface area contributed by atoms with Gasteiger partial charge in [-0.1, -0.05) is 34.0 Å². The van der Waals surface area contributed by atoms with Crippen LogP contribution in [0.5, 0.6) is 5.75 Å². The number of imide groups is 1. The number of H-pyrrole nitrogens is 1. The van der Waals surface area contributed by atoms with Crippen molar-refractivity contribution in [1.29, 1.82) is 0 Å². The van der Waals surface area contributed by atoms with Gasteiger partial charge in [-0.2, -0.15) is 0 Å². The van der Waals surface area contributed by atoms with E-state index < -0.39 is 11.6 Å². The molecule has 2 unspecified atom stereocenters. The van der Waals surface area contributed by atoms with Gasteiger partial charge < -0.3 is 10.1 Å². The number of fused-ring (bicyclic) bond motifs is 4. The van der Waals surface area contributed by atoms with Crippen molar-refractivity contribution >= 4 is 38.8 Å². The summed E-state index contributed by atoms with van der Waals surface area (Å²) in [6.07, 6.45) is 5.80. The van der Waals surface area contributed by atoms with E-state index in [9.17, 15) is 14.7 Å². The normalized spacial score (nSPS) is 21.8. The molecule has 0 saturated carbocycles. The average molecular weight is 521 g/mol. The zero-order valence-electron chi connectivity index (χ0n) is 19.0. The Kier molecular flexibility index (Phi) is 5.42. The second kappa shape index (κ2) is 8.19. The minimum absolute atomic E-state index is 0.107. The monoisotopic (exact) mass is 520 g/mol. The fourth-order valence-electron chi connectivity index (χ4n) is 5.23. The summed E-state index contributed by atoms with van der Waals surface area (Å²) >= 11 is 3.56. The highest BCUT2D eigenvalue weighted by Crippen LogP contribution is 2.49. The first-order valence-electron chi connectivity index (χ1n) is 11.1. The first-order chi connectivity index (χ1) is 16.2. The van der Waals surface area contributed by atoms with E-state index in [0.717, 1.165) is 32.2 Å². The van der Waals surface area contributed by atoms with Crippen molar-refractivity contribution in [2.75, 3.05) is 26.7 Å². The molecule has 34 heavy (non-hydrogen) atoms. The number of nitrogens with zero attached hydrogens (tertiary/aromatic N) is 3. The van der Waals surface area contributed by atoms with E-state index in [0.29, 0.717) is 19.5 Å². The zero-order chi connectivity index (χ0) is 24.2. The lowest BCUT2D eigenvalue weighted by molar-refractivity contribution is -0.133. The topological polar surface area (TPSA) is 79.9 Å². The molecule has 1 aromatic heterocycles. The molecule has 5 rings (SSSR count). The molecule has 174 valence electrons. The zero-order valence-corrected chi connectivity index (χ0v) is 20.6. The average Bonchev–Trinajstić information content (AvgIpc) is 3.23. The molecule has 8 heteroatoms. The van der Waals surface area contributed by atoms with Crippen LogP contribution in [0.15, 0.2) is 46.9 Å². The van der Waals surface area contributed by atoms with Crippen molar-refractivity contribution in [2.45, 2.75) is 24.9 Å². The van der Waals surface area contributed by atoms with Crippen molar-refractivity contribution in [2.24, 2.45) is 0 Å². The van der Waals surface area contributed by atoms with Crippen LogP contribution < -0.4 is 0 Å². The van der Waals surface area contributed by atoms with Crippen LogP contribution in [-0.2, 0) is 11.2 Å². The lowest BCUT2D eigenvalue weighted by Gasteiger charge is -2.42. The van der Waals surface area contributed by atoms with Gasteiger partial charge in [0.15, 0.2) is 0 Å². The summed E-state index contributed by atoms with van der Waals surface area (Å²) in [6.45, 7) is 3.03. The number of hydrogen-bond donors (Lipinski definition) is 2. The number of benzene rings is 2. The van der Waals surface area contributed by atoms with Crippen molar-refractivity contribution in [1.82, 2.24) is 19.7 Å². The number of phenolic OH excluding ortho intramolecular Hbond substituents is 1. The Morgan fingerprint density at radius 3 is 2.82 bits per heavy atom. The van der Waals surface area contributed by atoms with Gasteiger partial charge in [0.25, 0.3) is 5.91 Å². The van der Waals surface area contributed by atoms with Crippen LogP contribution in [0.3, 0.4) is 0 Å². The second-order valence-corrected chi connectivity index (χ2v) is 10.1. The fraction of sp³-hybridized carbons (Fsp3) is 0.308. The number of carbonyl (C=O) groups excluding carboxylic acids is 2. The van der Waals surface area contributed by atoms with E-state index in [2.05, 4.69) is 26.8 Å². The highest BCUT2D eigenvalue weighted by atomic mass is 79.9. The molecule has 0 aliphatic carbocycles. The Bertz CT molecular complexity index is 1360. The molecule has 7 nitrogen and oxygen atoms in total. The van der Waals surface area contributed by atoms with Crippen molar-refractivity contribution in [3.05, 3.63) is 63.8 Å². The van der Waals surface area contributed by atoms with Crippen molar-refractivity contribution in [3.63, 3.8) is 0 Å². The number of urea groups is 1. The highest BCUT2D eigenvalue weighted by Gasteiger charge is 2.60. The fourth-order valence-corrected chi connectivity index (χ4v) is 5.59. The summed E-state index contributed by atoms with van der Waals surface area (Å²) in [7, 11) is 1.87. The molecule has 1 saturated heterocycles. The van der Waals surface area contributed by atoms with Gasteiger partial charge in [0.05, 0.1) is 6.54 Å². The van der Waals surface area contributed by atoms with E-state index in [4.69, 9.17) is 6.42 Å². The number of halogens is 1. The molecule has 2 aliphatic rings. The van der Waals surface area contributed by atoms with Gasteiger partial charge >= 0.3 is 6.03 Å². The van der Waals surface area contributed by atoms with E-state index in [1.165, 1.54) is 4.90 Å². The molecule has 0 radical (unpaired) electrons. The summed E-state index contributed by atoms with van der Waals surface area (Å²) in [4.78, 5) is 35.9. The van der Waals surface area contributed by atoms with Gasteiger partial charge in [0.2, 0.25) is 0 Å². The minimum Gasteiger partial charge on any atom is -0.508 e. The third kappa shape index (κ3) is 3.39. The largest absolute Gasteiger partial charge is 0.508 e. The number of aromatic amines is 1. The summed E-state index contributed by atoms with van der Waals surface area (Å²) < 4.78 is 0.940. The molecular weight excluding hydrogens is 496 g/mol. The number of phenols is 1. The number of rotatable bonds is 5. The molecule has 3 heterocycles. The molecule has 2 aliphatic heterocycles. The predicted molar refractivity (Wildman–Crippen MR) is 133 cm³/mol. The maximum atomic E-state index is 13.8.